The maximum atomic E-state index is 12.4. The molecule has 0 N–H and O–H groups in total. The first kappa shape index (κ1) is 19.2. The van der Waals surface area contributed by atoms with E-state index in [1.807, 2.05) is 23.1 Å². The summed E-state index contributed by atoms with van der Waals surface area (Å²) in [6, 6.07) is 10.2. The normalized spacial score (nSPS) is 16.4. The van der Waals surface area contributed by atoms with Gasteiger partial charge in [0, 0.05) is 37.3 Å². The Morgan fingerprint density at radius 3 is 2.52 bits per heavy atom. The van der Waals surface area contributed by atoms with Gasteiger partial charge >= 0.3 is 5.97 Å². The van der Waals surface area contributed by atoms with E-state index in [0.717, 1.165) is 0 Å². The maximum absolute atomic E-state index is 12.4. The Hall–Kier alpha value is -2.57. The first-order valence-electron chi connectivity index (χ1n) is 8.67. The van der Waals surface area contributed by atoms with Crippen molar-refractivity contribution < 1.29 is 18.7 Å². The second-order valence-electron chi connectivity index (χ2n) is 6.16. The van der Waals surface area contributed by atoms with Gasteiger partial charge < -0.3 is 14.1 Å². The molecule has 2 heterocycles. The van der Waals surface area contributed by atoms with E-state index in [-0.39, 0.29) is 11.9 Å². The second-order valence-corrected chi connectivity index (χ2v) is 6.56. The van der Waals surface area contributed by atoms with Gasteiger partial charge in [0.15, 0.2) is 0 Å². The van der Waals surface area contributed by atoms with Crippen LogP contribution in [0.1, 0.15) is 17.4 Å². The van der Waals surface area contributed by atoms with Crippen LogP contribution in [-0.2, 0) is 14.3 Å². The van der Waals surface area contributed by atoms with Crippen LogP contribution in [0.3, 0.4) is 0 Å². The molecular formula is C20H21ClN2O4. The van der Waals surface area contributed by atoms with E-state index >= 15 is 0 Å². The van der Waals surface area contributed by atoms with Crippen LogP contribution in [0.4, 0.5) is 0 Å². The minimum atomic E-state index is -0.584. The van der Waals surface area contributed by atoms with Crippen molar-refractivity contribution >= 4 is 29.6 Å². The van der Waals surface area contributed by atoms with Gasteiger partial charge in [-0.15, -0.1) is 0 Å². The Labute approximate surface area is 162 Å². The third-order valence-corrected chi connectivity index (χ3v) is 4.89. The summed E-state index contributed by atoms with van der Waals surface area (Å²) >= 11 is 6.29. The molecule has 1 atom stereocenters. The topological polar surface area (TPSA) is 63.0 Å². The fourth-order valence-electron chi connectivity index (χ4n) is 3.13. The van der Waals surface area contributed by atoms with Crippen LogP contribution in [0, 0.1) is 0 Å². The van der Waals surface area contributed by atoms with Crippen LogP contribution in [0.2, 0.25) is 5.02 Å². The van der Waals surface area contributed by atoms with Crippen molar-refractivity contribution in [1.29, 1.82) is 0 Å². The largest absolute Gasteiger partial charge is 0.468 e. The van der Waals surface area contributed by atoms with Gasteiger partial charge in [0.25, 0.3) is 0 Å². The minimum absolute atomic E-state index is 0.0848. The van der Waals surface area contributed by atoms with Gasteiger partial charge in [-0.3, -0.25) is 9.69 Å². The highest BCUT2D eigenvalue weighted by molar-refractivity contribution is 6.31. The van der Waals surface area contributed by atoms with Crippen molar-refractivity contribution in [2.45, 2.75) is 6.04 Å². The average Bonchev–Trinajstić information content (AvgIpc) is 3.22. The van der Waals surface area contributed by atoms with Gasteiger partial charge in [0.05, 0.1) is 13.4 Å². The third kappa shape index (κ3) is 4.59. The summed E-state index contributed by atoms with van der Waals surface area (Å²) in [4.78, 5) is 28.5. The number of nitrogens with zero attached hydrogens (tertiary/aromatic N) is 2. The quantitative estimate of drug-likeness (QED) is 0.582. The molecule has 1 amide bonds. The highest BCUT2D eigenvalue weighted by atomic mass is 35.5. The molecule has 1 aromatic heterocycles. The first-order chi connectivity index (χ1) is 13.1. The Morgan fingerprint density at radius 1 is 1.15 bits per heavy atom. The number of rotatable bonds is 5. The lowest BCUT2D eigenvalue weighted by Crippen LogP contribution is -2.50. The number of hydrogen-bond acceptors (Lipinski definition) is 5. The maximum Gasteiger partial charge on any atom is 0.327 e. The summed E-state index contributed by atoms with van der Waals surface area (Å²) < 4.78 is 10.2. The van der Waals surface area contributed by atoms with Crippen molar-refractivity contribution in [2.24, 2.45) is 0 Å². The van der Waals surface area contributed by atoms with Crippen LogP contribution in [0.15, 0.2) is 53.2 Å². The van der Waals surface area contributed by atoms with E-state index in [0.29, 0.717) is 42.5 Å². The summed E-state index contributed by atoms with van der Waals surface area (Å²) in [7, 11) is 1.37. The second kappa shape index (κ2) is 8.88. The fraction of sp³-hybridized carbons (Fsp3) is 0.300. The van der Waals surface area contributed by atoms with Crippen molar-refractivity contribution in [3.8, 4) is 0 Å². The summed E-state index contributed by atoms with van der Waals surface area (Å²) in [6.07, 6.45) is 4.71. The number of carbonyl (C=O) groups excluding carboxylic acids is 2. The molecule has 1 aliphatic rings. The molecule has 1 saturated heterocycles. The van der Waals surface area contributed by atoms with Gasteiger partial charge in [-0.25, -0.2) is 4.79 Å². The molecule has 1 aromatic carbocycles. The minimum Gasteiger partial charge on any atom is -0.468 e. The standard InChI is InChI=1S/C20H21ClN2O4/c1-26-20(25)19(16-6-2-3-7-17(16)21)23-12-10-22(11-13-23)18(24)9-8-15-5-4-14-27-15/h2-9,14,19H,10-13H2,1H3. The van der Waals surface area contributed by atoms with Crippen LogP contribution in [-0.4, -0.2) is 55.0 Å². The van der Waals surface area contributed by atoms with Crippen LogP contribution in [0.5, 0.6) is 0 Å². The molecule has 6 nitrogen and oxygen atoms in total. The molecule has 2 aromatic rings. The number of amides is 1. The van der Waals surface area contributed by atoms with E-state index in [1.165, 1.54) is 13.2 Å². The monoisotopic (exact) mass is 388 g/mol. The Bertz CT molecular complexity index is 811. The Kier molecular flexibility index (Phi) is 6.32. The number of furan rings is 1. The summed E-state index contributed by atoms with van der Waals surface area (Å²) in [5, 5.41) is 0.521. The zero-order valence-electron chi connectivity index (χ0n) is 15.0. The van der Waals surface area contributed by atoms with E-state index < -0.39 is 6.04 Å². The van der Waals surface area contributed by atoms with E-state index in [9.17, 15) is 9.59 Å². The third-order valence-electron chi connectivity index (χ3n) is 4.55. The number of hydrogen-bond donors (Lipinski definition) is 0. The lowest BCUT2D eigenvalue weighted by atomic mass is 10.0. The zero-order valence-corrected chi connectivity index (χ0v) is 15.8. The predicted octanol–water partition coefficient (Wildman–Crippen LogP) is 3.00. The number of carbonyl (C=O) groups is 2. The summed E-state index contributed by atoms with van der Waals surface area (Å²) in [5.74, 6) is 0.186. The number of ether oxygens (including phenoxy) is 1. The molecule has 0 saturated carbocycles. The molecular weight excluding hydrogens is 368 g/mol. The molecule has 7 heteroatoms. The smallest absolute Gasteiger partial charge is 0.327 e. The Balaban J connectivity index is 1.66. The molecule has 0 radical (unpaired) electrons. The number of esters is 1. The lowest BCUT2D eigenvalue weighted by Gasteiger charge is -2.38. The summed E-state index contributed by atoms with van der Waals surface area (Å²) in [5.41, 5.74) is 0.712. The molecule has 1 unspecified atom stereocenters. The van der Waals surface area contributed by atoms with Crippen LogP contribution in [0.25, 0.3) is 6.08 Å². The van der Waals surface area contributed by atoms with Crippen molar-refractivity contribution in [2.75, 3.05) is 33.3 Å². The molecule has 3 rings (SSSR count). The molecule has 27 heavy (non-hydrogen) atoms. The lowest BCUT2D eigenvalue weighted by molar-refractivity contribution is -0.148. The van der Waals surface area contributed by atoms with Gasteiger partial charge in [0.1, 0.15) is 11.8 Å². The summed E-state index contributed by atoms with van der Waals surface area (Å²) in [6.45, 7) is 2.12. The highest BCUT2D eigenvalue weighted by Crippen LogP contribution is 2.29. The highest BCUT2D eigenvalue weighted by Gasteiger charge is 2.33. The molecule has 0 spiro atoms. The number of benzene rings is 1. The molecule has 1 fully saturated rings. The van der Waals surface area contributed by atoms with E-state index in [4.69, 9.17) is 20.8 Å². The van der Waals surface area contributed by atoms with Crippen LogP contribution >= 0.6 is 11.6 Å². The Morgan fingerprint density at radius 2 is 1.89 bits per heavy atom. The predicted molar refractivity (Wildman–Crippen MR) is 102 cm³/mol. The molecule has 0 aliphatic carbocycles. The van der Waals surface area contributed by atoms with E-state index in [1.54, 1.807) is 35.4 Å². The number of piperazine rings is 1. The van der Waals surface area contributed by atoms with Crippen molar-refractivity contribution in [3.05, 3.63) is 65.1 Å². The number of halogens is 1. The molecule has 0 bridgehead atoms. The first-order valence-corrected chi connectivity index (χ1v) is 9.04. The van der Waals surface area contributed by atoms with Crippen LogP contribution < -0.4 is 0 Å². The van der Waals surface area contributed by atoms with Gasteiger partial charge in [-0.05, 0) is 29.8 Å². The number of methoxy groups -OCH3 is 1. The van der Waals surface area contributed by atoms with Gasteiger partial charge in [-0.2, -0.15) is 0 Å². The van der Waals surface area contributed by atoms with Crippen molar-refractivity contribution in [1.82, 2.24) is 9.80 Å². The molecule has 142 valence electrons. The van der Waals surface area contributed by atoms with Gasteiger partial charge in [-0.1, -0.05) is 29.8 Å². The zero-order chi connectivity index (χ0) is 19.2. The van der Waals surface area contributed by atoms with E-state index in [2.05, 4.69) is 0 Å². The van der Waals surface area contributed by atoms with Gasteiger partial charge in [0.2, 0.25) is 5.91 Å². The SMILES string of the molecule is COC(=O)C(c1ccccc1Cl)N1CCN(C(=O)C=Cc2ccco2)CC1. The van der Waals surface area contributed by atoms with Crippen molar-refractivity contribution in [3.63, 3.8) is 0 Å². The average molecular weight is 389 g/mol. The molecule has 1 aliphatic heterocycles. The fourth-order valence-corrected chi connectivity index (χ4v) is 3.37.